The van der Waals surface area contributed by atoms with E-state index in [-0.39, 0.29) is 39.3 Å². The summed E-state index contributed by atoms with van der Waals surface area (Å²) in [6.45, 7) is 1.16. The van der Waals surface area contributed by atoms with Crippen LogP contribution in [0.5, 0.6) is 0 Å². The molecule has 6 rings (SSSR count). The summed E-state index contributed by atoms with van der Waals surface area (Å²) >= 11 is 0. The van der Waals surface area contributed by atoms with E-state index in [1.54, 1.807) is 0 Å². The standard InChI is InChI=1S/C45H48N7O6P3/c53-43(50(56)59(37-19-7-1-8-20-37)38-21-9-2-10-22-38)46-31-34-49(35-32-47-44(54)51(57)60(39-23-11-3-12-24-39)40-25-13-4-14-26-40)36-33-48-45(55)52(58)61(41-27-15-5-16-28-41)42-29-17-6-18-30-42/h1-30,56-58H,31-36H2,(H,46,53)(H,47,54)(H,48,55). The topological polar surface area (TPSA) is 161 Å². The fourth-order valence-corrected chi connectivity index (χ4v) is 12.0. The van der Waals surface area contributed by atoms with Crippen molar-refractivity contribution in [3.8, 4) is 0 Å². The molecule has 0 spiro atoms. The van der Waals surface area contributed by atoms with Crippen LogP contribution in [-0.4, -0.2) is 92.4 Å². The molecule has 0 bridgehead atoms. The first-order valence-electron chi connectivity index (χ1n) is 19.5. The van der Waals surface area contributed by atoms with E-state index in [2.05, 4.69) is 16.0 Å². The number of amides is 6. The van der Waals surface area contributed by atoms with Crippen LogP contribution in [0.2, 0.25) is 0 Å². The zero-order valence-electron chi connectivity index (χ0n) is 33.3. The van der Waals surface area contributed by atoms with Crippen LogP contribution in [0.3, 0.4) is 0 Å². The number of nitrogens with zero attached hydrogens (tertiary/aromatic N) is 4. The number of benzene rings is 6. The van der Waals surface area contributed by atoms with Crippen LogP contribution in [0.4, 0.5) is 14.4 Å². The zero-order valence-corrected chi connectivity index (χ0v) is 35.9. The van der Waals surface area contributed by atoms with Crippen molar-refractivity contribution < 1.29 is 30.0 Å². The highest BCUT2D eigenvalue weighted by Crippen LogP contribution is 2.38. The second-order valence-electron chi connectivity index (χ2n) is 13.4. The molecule has 6 aromatic carbocycles. The molecular formula is C45H48N7O6P3. The summed E-state index contributed by atoms with van der Waals surface area (Å²) < 4.78 is 0. The summed E-state index contributed by atoms with van der Waals surface area (Å²) in [6.07, 6.45) is 0. The highest BCUT2D eigenvalue weighted by Gasteiger charge is 2.29. The smallest absolute Gasteiger partial charge is 0.335 e. The highest BCUT2D eigenvalue weighted by atomic mass is 31.1. The number of urea groups is 3. The van der Waals surface area contributed by atoms with Crippen molar-refractivity contribution >= 4 is 74.1 Å². The molecule has 0 fully saturated rings. The maximum absolute atomic E-state index is 13.5. The summed E-state index contributed by atoms with van der Waals surface area (Å²) in [6, 6.07) is 53.9. The highest BCUT2D eigenvalue weighted by molar-refractivity contribution is 7.72. The normalized spacial score (nSPS) is 11.1. The van der Waals surface area contributed by atoms with Crippen LogP contribution < -0.4 is 47.8 Å². The van der Waals surface area contributed by atoms with Crippen LogP contribution in [0.15, 0.2) is 182 Å². The average Bonchev–Trinajstić information content (AvgIpc) is 3.31. The third-order valence-electron chi connectivity index (χ3n) is 9.23. The SMILES string of the molecule is O=C(NCCN(CCNC(=O)N(O)P(c1ccccc1)c1ccccc1)CCNC(=O)N(O)P(c1ccccc1)c1ccccc1)N(O)P(c1ccccc1)c1ccccc1. The van der Waals surface area contributed by atoms with E-state index in [0.717, 1.165) is 46.3 Å². The van der Waals surface area contributed by atoms with E-state index in [9.17, 15) is 30.0 Å². The number of nitrogens with one attached hydrogen (secondary N) is 3. The first-order valence-corrected chi connectivity index (χ1v) is 23.4. The number of rotatable bonds is 18. The van der Waals surface area contributed by atoms with Gasteiger partial charge in [-0.2, -0.15) is 14.5 Å². The van der Waals surface area contributed by atoms with Crippen LogP contribution >= 0.6 is 24.2 Å². The molecule has 61 heavy (non-hydrogen) atoms. The quantitative estimate of drug-likeness (QED) is 0.0371. The molecule has 6 amide bonds. The predicted octanol–water partition coefficient (Wildman–Crippen LogP) is 5.63. The largest absolute Gasteiger partial charge is 0.345 e. The van der Waals surface area contributed by atoms with Gasteiger partial charge in [-0.05, 0) is 0 Å². The molecule has 0 aromatic heterocycles. The van der Waals surface area contributed by atoms with Crippen LogP contribution in [0.1, 0.15) is 0 Å². The molecule has 0 unspecified atom stereocenters. The molecule has 0 heterocycles. The van der Waals surface area contributed by atoms with E-state index in [1.165, 1.54) is 0 Å². The van der Waals surface area contributed by atoms with Gasteiger partial charge in [-0.15, -0.1) is 0 Å². The van der Waals surface area contributed by atoms with Crippen molar-refractivity contribution in [1.29, 1.82) is 0 Å². The lowest BCUT2D eigenvalue weighted by Crippen LogP contribution is -2.47. The summed E-state index contributed by atoms with van der Waals surface area (Å²) in [4.78, 5) is 44.5. The Kier molecular flexibility index (Phi) is 17.1. The fraction of sp³-hybridized carbons (Fsp3) is 0.133. The van der Waals surface area contributed by atoms with Crippen molar-refractivity contribution in [2.45, 2.75) is 0 Å². The van der Waals surface area contributed by atoms with Crippen LogP contribution in [0, 0.1) is 0 Å². The van der Waals surface area contributed by atoms with Crippen molar-refractivity contribution in [3.05, 3.63) is 182 Å². The first-order chi connectivity index (χ1) is 29.8. The summed E-state index contributed by atoms with van der Waals surface area (Å²) in [7, 11) is -4.78. The molecule has 0 saturated heterocycles. The van der Waals surface area contributed by atoms with E-state index in [4.69, 9.17) is 0 Å². The van der Waals surface area contributed by atoms with Gasteiger partial charge in [0.05, 0.1) is 24.2 Å². The Hall–Kier alpha value is -5.74. The van der Waals surface area contributed by atoms with Gasteiger partial charge in [0.15, 0.2) is 0 Å². The van der Waals surface area contributed by atoms with Gasteiger partial charge in [-0.3, -0.25) is 20.5 Å². The minimum Gasteiger partial charge on any atom is -0.335 e. The zero-order chi connectivity index (χ0) is 42.8. The van der Waals surface area contributed by atoms with Gasteiger partial charge in [0, 0.05) is 71.1 Å². The molecule has 0 aliphatic rings. The third-order valence-corrected chi connectivity index (χ3v) is 15.6. The maximum Gasteiger partial charge on any atom is 0.345 e. The summed E-state index contributed by atoms with van der Waals surface area (Å²) in [5.41, 5.74) is 0. The third kappa shape index (κ3) is 12.6. The molecule has 0 atom stereocenters. The summed E-state index contributed by atoms with van der Waals surface area (Å²) in [5.74, 6) is 0. The molecule has 0 saturated carbocycles. The minimum absolute atomic E-state index is 0.115. The fourth-order valence-electron chi connectivity index (χ4n) is 6.30. The lowest BCUT2D eigenvalue weighted by atomic mass is 10.4. The van der Waals surface area contributed by atoms with E-state index in [1.807, 2.05) is 187 Å². The molecule has 0 aliphatic heterocycles. The number of hydrogen-bond donors (Lipinski definition) is 6. The molecule has 6 N–H and O–H groups in total. The molecule has 13 nitrogen and oxygen atoms in total. The molecular weight excluding hydrogens is 827 g/mol. The maximum atomic E-state index is 13.5. The Morgan fingerprint density at radius 1 is 0.344 bits per heavy atom. The van der Waals surface area contributed by atoms with E-state index in [0.29, 0.717) is 0 Å². The van der Waals surface area contributed by atoms with Crippen molar-refractivity contribution in [2.24, 2.45) is 0 Å². The lowest BCUT2D eigenvalue weighted by Gasteiger charge is -2.29. The minimum atomic E-state index is -1.59. The lowest BCUT2D eigenvalue weighted by molar-refractivity contribution is 0.0461. The van der Waals surface area contributed by atoms with Gasteiger partial charge < -0.3 is 16.0 Å². The number of hydrogen-bond acceptors (Lipinski definition) is 7. The summed E-state index contributed by atoms with van der Waals surface area (Å²) in [5, 5.41) is 47.0. The van der Waals surface area contributed by atoms with Gasteiger partial charge in [0.2, 0.25) is 0 Å². The van der Waals surface area contributed by atoms with Crippen LogP contribution in [-0.2, 0) is 0 Å². The first kappa shape index (κ1) is 44.8. The van der Waals surface area contributed by atoms with Gasteiger partial charge in [-0.1, -0.05) is 182 Å². The molecule has 0 aliphatic carbocycles. The Balaban J connectivity index is 1.11. The Bertz CT molecular complexity index is 1870. The number of carbonyl (C=O) groups excluding carboxylic acids is 3. The molecule has 314 valence electrons. The Morgan fingerprint density at radius 2 is 0.525 bits per heavy atom. The van der Waals surface area contributed by atoms with Gasteiger partial charge >= 0.3 is 18.1 Å². The second kappa shape index (κ2) is 23.3. The predicted molar refractivity (Wildman–Crippen MR) is 245 cm³/mol. The van der Waals surface area contributed by atoms with Crippen LogP contribution in [0.25, 0.3) is 0 Å². The van der Waals surface area contributed by atoms with Gasteiger partial charge in [0.1, 0.15) is 0 Å². The molecule has 0 radical (unpaired) electrons. The Morgan fingerprint density at radius 3 is 0.705 bits per heavy atom. The van der Waals surface area contributed by atoms with E-state index < -0.39 is 42.3 Å². The van der Waals surface area contributed by atoms with Crippen molar-refractivity contribution in [2.75, 3.05) is 39.3 Å². The molecule has 16 heteroatoms. The Labute approximate surface area is 359 Å². The average molecular weight is 876 g/mol. The number of hydroxylamine groups is 3. The van der Waals surface area contributed by atoms with E-state index >= 15 is 0 Å². The van der Waals surface area contributed by atoms with Crippen molar-refractivity contribution in [1.82, 2.24) is 35.4 Å². The number of carbonyl (C=O) groups is 3. The van der Waals surface area contributed by atoms with Crippen molar-refractivity contribution in [3.63, 3.8) is 0 Å². The monoisotopic (exact) mass is 875 g/mol. The van der Waals surface area contributed by atoms with Gasteiger partial charge in [-0.25, -0.2) is 14.4 Å². The molecule has 6 aromatic rings. The second-order valence-corrected chi connectivity index (χ2v) is 19.5. The van der Waals surface area contributed by atoms with Gasteiger partial charge in [0.25, 0.3) is 0 Å².